The molecule has 3 aromatic heterocycles. The number of ether oxygens (including phenoxy) is 1. The van der Waals surface area contributed by atoms with E-state index in [-0.39, 0.29) is 11.3 Å². The average Bonchev–Trinajstić information content (AvgIpc) is 3.48. The second-order valence-electron chi connectivity index (χ2n) is 11.4. The van der Waals surface area contributed by atoms with Crippen LogP contribution >= 0.6 is 0 Å². The molecule has 1 amide bonds. The van der Waals surface area contributed by atoms with E-state index < -0.39 is 17.6 Å². The fourth-order valence-corrected chi connectivity index (χ4v) is 5.29. The van der Waals surface area contributed by atoms with Gasteiger partial charge in [0.1, 0.15) is 5.82 Å². The topological polar surface area (TPSA) is 113 Å². The number of fused-ring (bicyclic) bond motifs is 1. The summed E-state index contributed by atoms with van der Waals surface area (Å²) in [6, 6.07) is 13.1. The average molecular weight is 646 g/mol. The molecule has 47 heavy (non-hydrogen) atoms. The Labute approximate surface area is 269 Å². The van der Waals surface area contributed by atoms with E-state index in [1.165, 1.54) is 12.1 Å². The number of piperazine rings is 1. The van der Waals surface area contributed by atoms with Gasteiger partial charge in [-0.3, -0.25) is 9.69 Å². The number of nitrogens with one attached hydrogen (secondary N) is 2. The summed E-state index contributed by atoms with van der Waals surface area (Å²) >= 11 is 0. The molecule has 0 saturated carbocycles. The summed E-state index contributed by atoms with van der Waals surface area (Å²) in [5, 5.41) is 11.3. The molecule has 0 aliphatic carbocycles. The number of nitrogens with zero attached hydrogens (tertiary/aromatic N) is 7. The summed E-state index contributed by atoms with van der Waals surface area (Å²) in [7, 11) is 3.67. The van der Waals surface area contributed by atoms with E-state index in [0.717, 1.165) is 50.4 Å². The fourth-order valence-electron chi connectivity index (χ4n) is 5.29. The van der Waals surface area contributed by atoms with Crippen molar-refractivity contribution in [2.24, 2.45) is 0 Å². The van der Waals surface area contributed by atoms with Crippen molar-refractivity contribution in [2.75, 3.05) is 57.5 Å². The number of anilines is 3. The number of alkyl halides is 3. The monoisotopic (exact) mass is 645 g/mol. The third kappa shape index (κ3) is 7.34. The third-order valence-corrected chi connectivity index (χ3v) is 8.12. The molecule has 1 saturated heterocycles. The summed E-state index contributed by atoms with van der Waals surface area (Å²) in [5.74, 6) is 0.806. The van der Waals surface area contributed by atoms with Crippen molar-refractivity contribution in [2.45, 2.75) is 19.6 Å². The van der Waals surface area contributed by atoms with Gasteiger partial charge in [0.2, 0.25) is 5.88 Å². The van der Waals surface area contributed by atoms with Crippen LogP contribution in [0.1, 0.15) is 21.5 Å². The quantitative estimate of drug-likeness (QED) is 0.216. The van der Waals surface area contributed by atoms with Crippen LogP contribution in [0.4, 0.5) is 30.4 Å². The highest BCUT2D eigenvalue weighted by Crippen LogP contribution is 2.32. The Bertz CT molecular complexity index is 1890. The Morgan fingerprint density at radius 2 is 1.79 bits per heavy atom. The van der Waals surface area contributed by atoms with Crippen LogP contribution in [0.15, 0.2) is 67.0 Å². The number of pyridine rings is 1. The minimum absolute atomic E-state index is 0.0409. The van der Waals surface area contributed by atoms with Gasteiger partial charge in [0.15, 0.2) is 11.5 Å². The Hall–Kier alpha value is -5.08. The molecular weight excluding hydrogens is 611 g/mol. The first kappa shape index (κ1) is 31.9. The Morgan fingerprint density at radius 3 is 2.51 bits per heavy atom. The maximum absolute atomic E-state index is 13.2. The Balaban J connectivity index is 1.31. The van der Waals surface area contributed by atoms with E-state index in [2.05, 4.69) is 37.6 Å². The normalized spacial score (nSPS) is 14.3. The first-order valence-electron chi connectivity index (χ1n) is 15.1. The van der Waals surface area contributed by atoms with Gasteiger partial charge >= 0.3 is 6.18 Å². The largest absolute Gasteiger partial charge is 0.481 e. The predicted molar refractivity (Wildman–Crippen MR) is 173 cm³/mol. The third-order valence-electron chi connectivity index (χ3n) is 8.12. The summed E-state index contributed by atoms with van der Waals surface area (Å²) in [6.45, 7) is 7.33. The zero-order valence-electron chi connectivity index (χ0n) is 26.2. The lowest BCUT2D eigenvalue weighted by Gasteiger charge is -2.32. The van der Waals surface area contributed by atoms with Crippen molar-refractivity contribution >= 4 is 34.1 Å². The predicted octanol–water partition coefficient (Wildman–Crippen LogP) is 5.47. The molecule has 244 valence electrons. The second kappa shape index (κ2) is 13.3. The number of rotatable bonds is 9. The van der Waals surface area contributed by atoms with Crippen LogP contribution in [0.5, 0.6) is 5.88 Å². The van der Waals surface area contributed by atoms with Crippen LogP contribution in [0.3, 0.4) is 0 Å². The smallest absolute Gasteiger partial charge is 0.416 e. The van der Waals surface area contributed by atoms with Crippen LogP contribution in [0.2, 0.25) is 0 Å². The van der Waals surface area contributed by atoms with Gasteiger partial charge in [-0.2, -0.15) is 18.3 Å². The number of methoxy groups -OCH3 is 1. The molecule has 1 fully saturated rings. The number of aromatic nitrogens is 5. The lowest BCUT2D eigenvalue weighted by Crippen LogP contribution is -2.45. The molecular formula is C33H34F3N9O2. The van der Waals surface area contributed by atoms with Gasteiger partial charge in [0, 0.05) is 67.5 Å². The minimum atomic E-state index is -4.52. The summed E-state index contributed by atoms with van der Waals surface area (Å²) in [6.07, 6.45) is -1.17. The molecule has 6 rings (SSSR count). The number of hydrogen-bond acceptors (Lipinski definition) is 9. The zero-order valence-corrected chi connectivity index (χ0v) is 26.2. The number of carbonyl (C=O) groups is 1. The van der Waals surface area contributed by atoms with E-state index in [0.29, 0.717) is 46.4 Å². The first-order chi connectivity index (χ1) is 22.6. The molecule has 0 spiro atoms. The first-order valence-corrected chi connectivity index (χ1v) is 15.1. The molecule has 0 radical (unpaired) electrons. The van der Waals surface area contributed by atoms with Crippen molar-refractivity contribution < 1.29 is 22.7 Å². The zero-order chi connectivity index (χ0) is 33.1. The molecule has 0 atom stereocenters. The molecule has 2 N–H and O–H groups in total. The van der Waals surface area contributed by atoms with Crippen molar-refractivity contribution in [1.82, 2.24) is 34.5 Å². The van der Waals surface area contributed by atoms with Gasteiger partial charge in [-0.25, -0.2) is 19.6 Å². The van der Waals surface area contributed by atoms with Crippen LogP contribution < -0.4 is 15.4 Å². The molecule has 2 aromatic carbocycles. The van der Waals surface area contributed by atoms with Gasteiger partial charge in [0.25, 0.3) is 5.91 Å². The van der Waals surface area contributed by atoms with Crippen LogP contribution in [0, 0.1) is 6.92 Å². The SMILES string of the molecule is COc1ccc(-c2nc(Nc3cc(C(=O)Nc4cccc(C(F)(F)F)c4)ccc3C)c3cnn(CCN4CCN(C)CC4)c3n2)cn1. The lowest BCUT2D eigenvalue weighted by molar-refractivity contribution is -0.137. The molecule has 4 heterocycles. The van der Waals surface area contributed by atoms with Crippen molar-refractivity contribution in [1.29, 1.82) is 0 Å². The molecule has 1 aliphatic heterocycles. The molecule has 11 nitrogen and oxygen atoms in total. The van der Waals surface area contributed by atoms with Crippen LogP contribution in [0.25, 0.3) is 22.4 Å². The van der Waals surface area contributed by atoms with Crippen LogP contribution in [-0.4, -0.2) is 87.3 Å². The van der Waals surface area contributed by atoms with Gasteiger partial charge in [-0.05, 0) is 55.9 Å². The van der Waals surface area contributed by atoms with Gasteiger partial charge in [-0.1, -0.05) is 12.1 Å². The van der Waals surface area contributed by atoms with E-state index in [1.807, 2.05) is 17.7 Å². The molecule has 14 heteroatoms. The molecule has 0 unspecified atom stereocenters. The number of likely N-dealkylation sites (N-methyl/N-ethyl adjacent to an activating group) is 1. The van der Waals surface area contributed by atoms with Gasteiger partial charge < -0.3 is 20.3 Å². The van der Waals surface area contributed by atoms with E-state index >= 15 is 0 Å². The molecule has 0 bridgehead atoms. The minimum Gasteiger partial charge on any atom is -0.481 e. The number of carbonyl (C=O) groups excluding carboxylic acids is 1. The van der Waals surface area contributed by atoms with Crippen molar-refractivity contribution in [3.63, 3.8) is 0 Å². The standard InChI is InChI=1S/C33H34F3N9O2/c1-21-7-8-22(32(46)39-25-6-4-5-24(18-25)33(34,35)36)17-27(21)40-30-26-20-38-45(16-15-44-13-11-43(2)12-14-44)31(26)42-29(41-30)23-9-10-28(47-3)37-19-23/h4-10,17-20H,11-16H2,1-3H3,(H,39,46)(H,40,41,42). The van der Waals surface area contributed by atoms with Gasteiger partial charge in [0.05, 0.1) is 30.8 Å². The highest BCUT2D eigenvalue weighted by atomic mass is 19.4. The number of hydrogen-bond donors (Lipinski definition) is 2. The second-order valence-corrected chi connectivity index (χ2v) is 11.4. The van der Waals surface area contributed by atoms with E-state index in [9.17, 15) is 18.0 Å². The maximum atomic E-state index is 13.2. The Morgan fingerprint density at radius 1 is 0.979 bits per heavy atom. The maximum Gasteiger partial charge on any atom is 0.416 e. The Kier molecular flexibility index (Phi) is 9.05. The molecule has 1 aliphatic rings. The number of amides is 1. The van der Waals surface area contributed by atoms with Crippen molar-refractivity contribution in [3.05, 3.63) is 83.7 Å². The fraction of sp³-hybridized carbons (Fsp3) is 0.303. The van der Waals surface area contributed by atoms with Gasteiger partial charge in [-0.15, -0.1) is 0 Å². The van der Waals surface area contributed by atoms with E-state index in [1.54, 1.807) is 43.8 Å². The summed E-state index contributed by atoms with van der Waals surface area (Å²) in [5.41, 5.74) is 2.17. The number of halogens is 3. The number of benzene rings is 2. The van der Waals surface area contributed by atoms with E-state index in [4.69, 9.17) is 14.7 Å². The van der Waals surface area contributed by atoms with Crippen molar-refractivity contribution in [3.8, 4) is 17.3 Å². The highest BCUT2D eigenvalue weighted by molar-refractivity contribution is 6.05. The lowest BCUT2D eigenvalue weighted by atomic mass is 10.1. The van der Waals surface area contributed by atoms with Crippen LogP contribution in [-0.2, 0) is 12.7 Å². The summed E-state index contributed by atoms with van der Waals surface area (Å²) < 4.78 is 46.7. The molecule has 5 aromatic rings. The highest BCUT2D eigenvalue weighted by Gasteiger charge is 2.30. The number of aryl methyl sites for hydroxylation is 1. The summed E-state index contributed by atoms with van der Waals surface area (Å²) in [4.78, 5) is 31.9.